The predicted molar refractivity (Wildman–Crippen MR) is 118 cm³/mol. The Labute approximate surface area is 188 Å². The van der Waals surface area contributed by atoms with E-state index in [0.717, 1.165) is 24.7 Å². The van der Waals surface area contributed by atoms with Gasteiger partial charge in [-0.25, -0.2) is 0 Å². The fourth-order valence-corrected chi connectivity index (χ4v) is 9.78. The Bertz CT molecular complexity index is 1080. The Morgan fingerprint density at radius 3 is 1.67 bits per heavy atom. The third kappa shape index (κ3) is 5.31. The summed E-state index contributed by atoms with van der Waals surface area (Å²) < 4.78 is 34.0. The van der Waals surface area contributed by atoms with Gasteiger partial charge < -0.3 is 0 Å². The molecule has 30 heavy (non-hydrogen) atoms. The van der Waals surface area contributed by atoms with E-state index >= 15 is 0 Å². The molecule has 0 amide bonds. The molecule has 1 radical (unpaired) electrons. The molecule has 0 N–H and O–H groups in total. The van der Waals surface area contributed by atoms with Crippen molar-refractivity contribution in [2.45, 2.75) is 51.3 Å². The summed E-state index contributed by atoms with van der Waals surface area (Å²) in [6.45, 7) is 10.6. The second kappa shape index (κ2) is 9.20. The lowest BCUT2D eigenvalue weighted by atomic mass is 9.82. The van der Waals surface area contributed by atoms with Gasteiger partial charge in [0.2, 0.25) is 0 Å². The number of aryl methyl sites for hydroxylation is 2. The number of rotatable bonds is 7. The van der Waals surface area contributed by atoms with Crippen molar-refractivity contribution in [2.24, 2.45) is 0 Å². The van der Waals surface area contributed by atoms with Crippen LogP contribution < -0.4 is 20.2 Å². The first-order valence-corrected chi connectivity index (χ1v) is 14.5. The van der Waals surface area contributed by atoms with Gasteiger partial charge in [-0.05, 0) is 70.2 Å². The fraction of sp³-hybridized carbons (Fsp3) is 0.280. The highest BCUT2D eigenvalue weighted by atomic mass is 127. The summed E-state index contributed by atoms with van der Waals surface area (Å²) in [5, 5.41) is 0. The summed E-state index contributed by atoms with van der Waals surface area (Å²) in [5.41, 5.74) is 3.47. The van der Waals surface area contributed by atoms with E-state index in [4.69, 9.17) is 2.51 Å². The van der Waals surface area contributed by atoms with Crippen LogP contribution >= 0.6 is 0 Å². The van der Waals surface area contributed by atoms with Gasteiger partial charge in [-0.3, -0.25) is 0 Å². The number of hydrogen-bond acceptors (Lipinski definition) is 3. The molecule has 3 rings (SSSR count). The SMILES string of the molecule is CCC(C)(C)c1ccc([I+](OS(=O)(=O)c2ccc(C)cc2)c2ccc(C)cc2)cc1. The summed E-state index contributed by atoms with van der Waals surface area (Å²) in [7, 11) is -3.86. The van der Waals surface area contributed by atoms with Gasteiger partial charge in [0.15, 0.2) is 7.14 Å². The molecule has 0 heterocycles. The van der Waals surface area contributed by atoms with E-state index < -0.39 is 30.4 Å². The number of halogens is 1. The largest absolute Gasteiger partial charge is 0.336 e. The molecule has 0 aliphatic heterocycles. The third-order valence-corrected chi connectivity index (χ3v) is 12.7. The Kier molecular flexibility index (Phi) is 7.05. The van der Waals surface area contributed by atoms with E-state index in [0.29, 0.717) is 0 Å². The van der Waals surface area contributed by atoms with Crippen molar-refractivity contribution < 1.29 is 31.2 Å². The van der Waals surface area contributed by atoms with Crippen LogP contribution in [-0.2, 0) is 18.0 Å². The normalized spacial score (nSPS) is 12.3. The first-order valence-electron chi connectivity index (χ1n) is 10.0. The van der Waals surface area contributed by atoms with Crippen molar-refractivity contribution >= 4 is 10.1 Å². The van der Waals surface area contributed by atoms with Crippen LogP contribution in [0.25, 0.3) is 0 Å². The molecule has 0 aliphatic rings. The van der Waals surface area contributed by atoms with Crippen LogP contribution in [0.5, 0.6) is 0 Å². The van der Waals surface area contributed by atoms with Crippen LogP contribution in [0.1, 0.15) is 43.9 Å². The summed E-state index contributed by atoms with van der Waals surface area (Å²) in [5.74, 6) is 0. The van der Waals surface area contributed by atoms with Crippen LogP contribution in [0.4, 0.5) is 0 Å². The molecule has 3 nitrogen and oxygen atoms in total. The van der Waals surface area contributed by atoms with Crippen molar-refractivity contribution in [2.75, 3.05) is 0 Å². The molecule has 0 aliphatic carbocycles. The van der Waals surface area contributed by atoms with Crippen LogP contribution in [0, 0.1) is 21.0 Å². The summed E-state index contributed by atoms with van der Waals surface area (Å²) >= 11 is -2.67. The molecule has 0 saturated heterocycles. The van der Waals surface area contributed by atoms with Crippen molar-refractivity contribution in [1.82, 2.24) is 0 Å². The molecule has 3 aromatic carbocycles. The minimum atomic E-state index is -3.86. The standard InChI is InChI=1S/C25H29IO3S/c1-6-25(4,5)21-11-15-23(16-12-21)26(22-13-7-19(2)8-14-22)29-30(27,28)24-17-9-20(3)10-18-24/h7-18H,6H2,1-5H3/q+1. The Balaban J connectivity index is 2.01. The maximum atomic E-state index is 13.1. The highest BCUT2D eigenvalue weighted by molar-refractivity contribution is 7.86. The minimum Gasteiger partial charge on any atom is -0.190 e. The van der Waals surface area contributed by atoms with E-state index in [1.54, 1.807) is 24.3 Å². The smallest absolute Gasteiger partial charge is 0.190 e. The Morgan fingerprint density at radius 1 is 0.767 bits per heavy atom. The lowest BCUT2D eigenvalue weighted by molar-refractivity contribution is -1.03. The molecule has 0 spiro atoms. The summed E-state index contributed by atoms with van der Waals surface area (Å²) in [4.78, 5) is 0.200. The van der Waals surface area contributed by atoms with E-state index in [1.165, 1.54) is 5.56 Å². The quantitative estimate of drug-likeness (QED) is 0.437. The molecule has 0 atom stereocenters. The zero-order valence-electron chi connectivity index (χ0n) is 18.1. The lowest BCUT2D eigenvalue weighted by Crippen LogP contribution is -3.85. The minimum absolute atomic E-state index is 0.0796. The van der Waals surface area contributed by atoms with Crippen molar-refractivity contribution in [3.8, 4) is 0 Å². The monoisotopic (exact) mass is 536 g/mol. The molecular formula is C25H29IO3S+. The number of benzene rings is 3. The highest BCUT2D eigenvalue weighted by Crippen LogP contribution is 2.25. The maximum absolute atomic E-state index is 13.1. The van der Waals surface area contributed by atoms with Gasteiger partial charge in [-0.1, -0.05) is 68.3 Å². The van der Waals surface area contributed by atoms with Gasteiger partial charge in [0.25, 0.3) is 0 Å². The van der Waals surface area contributed by atoms with Crippen LogP contribution in [-0.4, -0.2) is 8.42 Å². The van der Waals surface area contributed by atoms with Gasteiger partial charge in [0.05, 0.1) is 4.90 Å². The van der Waals surface area contributed by atoms with Gasteiger partial charge in [0, 0.05) is 0 Å². The topological polar surface area (TPSA) is 43.4 Å². The van der Waals surface area contributed by atoms with Crippen molar-refractivity contribution in [3.63, 3.8) is 0 Å². The van der Waals surface area contributed by atoms with Gasteiger partial charge >= 0.3 is 30.4 Å². The molecular weight excluding hydrogens is 507 g/mol. The third-order valence-electron chi connectivity index (χ3n) is 5.37. The van der Waals surface area contributed by atoms with E-state index in [2.05, 4.69) is 32.9 Å². The van der Waals surface area contributed by atoms with Gasteiger partial charge in [-0.2, -0.15) is 8.42 Å². The number of hydrogen-bond donors (Lipinski definition) is 0. The van der Waals surface area contributed by atoms with Gasteiger partial charge in [0.1, 0.15) is 0 Å². The Hall–Kier alpha value is -1.70. The van der Waals surface area contributed by atoms with E-state index in [9.17, 15) is 8.42 Å². The second-order valence-corrected chi connectivity index (χ2v) is 14.6. The lowest BCUT2D eigenvalue weighted by Gasteiger charge is -2.23. The van der Waals surface area contributed by atoms with Crippen LogP contribution in [0.2, 0.25) is 0 Å². The fourth-order valence-electron chi connectivity index (χ4n) is 2.89. The van der Waals surface area contributed by atoms with Crippen LogP contribution in [0.3, 0.4) is 0 Å². The predicted octanol–water partition coefficient (Wildman–Crippen LogP) is 2.98. The maximum Gasteiger partial charge on any atom is 0.336 e. The highest BCUT2D eigenvalue weighted by Gasteiger charge is 2.38. The summed E-state index contributed by atoms with van der Waals surface area (Å²) in [6, 6.07) is 23.1. The first-order chi connectivity index (χ1) is 14.1. The van der Waals surface area contributed by atoms with Gasteiger partial charge in [-0.15, -0.1) is 0 Å². The first kappa shape index (κ1) is 23.0. The average molecular weight is 536 g/mol. The summed E-state index contributed by atoms with van der Waals surface area (Å²) in [6.07, 6.45) is 1.03. The van der Waals surface area contributed by atoms with Crippen molar-refractivity contribution in [1.29, 1.82) is 0 Å². The molecule has 0 aromatic heterocycles. The molecule has 3 aromatic rings. The Morgan fingerprint density at radius 2 is 1.20 bits per heavy atom. The molecule has 0 saturated carbocycles. The molecule has 0 unspecified atom stereocenters. The second-order valence-electron chi connectivity index (χ2n) is 8.12. The van der Waals surface area contributed by atoms with E-state index in [1.807, 2.05) is 50.2 Å². The zero-order valence-corrected chi connectivity index (χ0v) is 21.1. The van der Waals surface area contributed by atoms with Crippen LogP contribution in [0.15, 0.2) is 77.7 Å². The van der Waals surface area contributed by atoms with Crippen molar-refractivity contribution in [3.05, 3.63) is 96.6 Å². The van der Waals surface area contributed by atoms with E-state index in [-0.39, 0.29) is 10.3 Å². The molecule has 159 valence electrons. The molecule has 5 heteroatoms. The molecule has 0 bridgehead atoms. The zero-order chi connectivity index (χ0) is 21.9. The molecule has 0 fully saturated rings. The average Bonchev–Trinajstić information content (AvgIpc) is 2.73.